The van der Waals surface area contributed by atoms with Gasteiger partial charge in [0.15, 0.2) is 0 Å². The van der Waals surface area contributed by atoms with E-state index in [1.54, 1.807) is 18.2 Å². The van der Waals surface area contributed by atoms with E-state index in [1.807, 2.05) is 0 Å². The molecule has 0 radical (unpaired) electrons. The van der Waals surface area contributed by atoms with Crippen LogP contribution in [0.4, 0.5) is 13.2 Å². The van der Waals surface area contributed by atoms with Crippen LogP contribution in [0.15, 0.2) is 53.7 Å². The number of oxime groups is 1. The van der Waals surface area contributed by atoms with E-state index >= 15 is 0 Å². The molecule has 0 fully saturated rings. The highest BCUT2D eigenvalue weighted by atomic mass is 19.3. The zero-order valence-corrected chi connectivity index (χ0v) is 10.5. The molecule has 5 heteroatoms. The second-order valence-corrected chi connectivity index (χ2v) is 4.11. The summed E-state index contributed by atoms with van der Waals surface area (Å²) in [7, 11) is 0. The van der Waals surface area contributed by atoms with Gasteiger partial charge in [0.1, 0.15) is 12.4 Å². The first-order valence-electron chi connectivity index (χ1n) is 5.93. The van der Waals surface area contributed by atoms with Crippen molar-refractivity contribution < 1.29 is 18.0 Å². The minimum atomic E-state index is -2.51. The predicted molar refractivity (Wildman–Crippen MR) is 70.2 cm³/mol. The molecule has 0 amide bonds. The molecule has 2 aromatic rings. The quantitative estimate of drug-likeness (QED) is 0.590. The van der Waals surface area contributed by atoms with E-state index in [-0.39, 0.29) is 18.0 Å². The average Bonchev–Trinajstić information content (AvgIpc) is 2.46. The van der Waals surface area contributed by atoms with Crippen molar-refractivity contribution in [2.75, 3.05) is 0 Å². The number of hydrogen-bond donors (Lipinski definition) is 0. The maximum absolute atomic E-state index is 12.7. The first-order chi connectivity index (χ1) is 9.65. The summed E-state index contributed by atoms with van der Waals surface area (Å²) in [6, 6.07) is 11.7. The molecule has 2 nitrogen and oxygen atoms in total. The van der Waals surface area contributed by atoms with Crippen LogP contribution in [-0.2, 0) is 11.4 Å². The van der Waals surface area contributed by atoms with Crippen LogP contribution in [0, 0.1) is 5.82 Å². The highest BCUT2D eigenvalue weighted by Crippen LogP contribution is 2.18. The fourth-order valence-electron chi connectivity index (χ4n) is 1.57. The number of hydrogen-bond acceptors (Lipinski definition) is 2. The Morgan fingerprint density at radius 2 is 1.85 bits per heavy atom. The van der Waals surface area contributed by atoms with E-state index in [4.69, 9.17) is 4.84 Å². The van der Waals surface area contributed by atoms with Crippen molar-refractivity contribution in [2.45, 2.75) is 13.0 Å². The van der Waals surface area contributed by atoms with Gasteiger partial charge in [-0.1, -0.05) is 35.5 Å². The normalized spacial score (nSPS) is 11.2. The van der Waals surface area contributed by atoms with Gasteiger partial charge in [0, 0.05) is 5.56 Å². The third-order valence-corrected chi connectivity index (χ3v) is 2.58. The average molecular weight is 279 g/mol. The van der Waals surface area contributed by atoms with Gasteiger partial charge in [-0.05, 0) is 29.3 Å². The van der Waals surface area contributed by atoms with Gasteiger partial charge in [-0.15, -0.1) is 0 Å². The maximum atomic E-state index is 12.7. The van der Waals surface area contributed by atoms with Crippen LogP contribution in [-0.4, -0.2) is 6.21 Å². The molecule has 0 aliphatic heterocycles. The molecule has 0 atom stereocenters. The topological polar surface area (TPSA) is 21.6 Å². The van der Waals surface area contributed by atoms with Crippen molar-refractivity contribution in [3.05, 3.63) is 71.0 Å². The lowest BCUT2D eigenvalue weighted by molar-refractivity contribution is 0.132. The molecular weight excluding hydrogens is 267 g/mol. The minimum Gasteiger partial charge on any atom is -0.391 e. The molecule has 0 aliphatic carbocycles. The fraction of sp³-hybridized carbons (Fsp3) is 0.133. The Balaban J connectivity index is 1.90. The molecule has 0 spiro atoms. The zero-order chi connectivity index (χ0) is 14.4. The number of alkyl halides is 2. The third-order valence-electron chi connectivity index (χ3n) is 2.58. The molecule has 0 saturated heterocycles. The van der Waals surface area contributed by atoms with Crippen LogP contribution in [0.1, 0.15) is 23.1 Å². The van der Waals surface area contributed by atoms with Crippen molar-refractivity contribution in [3.8, 4) is 0 Å². The van der Waals surface area contributed by atoms with Gasteiger partial charge in [-0.25, -0.2) is 13.2 Å². The van der Waals surface area contributed by atoms with Crippen LogP contribution < -0.4 is 0 Å². The van der Waals surface area contributed by atoms with E-state index in [9.17, 15) is 13.2 Å². The van der Waals surface area contributed by atoms with Gasteiger partial charge >= 0.3 is 0 Å². The van der Waals surface area contributed by atoms with Crippen molar-refractivity contribution in [1.29, 1.82) is 0 Å². The molecule has 2 rings (SSSR count). The number of benzene rings is 2. The Kier molecular flexibility index (Phi) is 4.76. The Hall–Kier alpha value is -2.30. The maximum Gasteiger partial charge on any atom is 0.263 e. The van der Waals surface area contributed by atoms with Gasteiger partial charge < -0.3 is 4.84 Å². The molecule has 0 aromatic heterocycles. The first kappa shape index (κ1) is 14.1. The van der Waals surface area contributed by atoms with Crippen molar-refractivity contribution in [1.82, 2.24) is 0 Å². The molecule has 0 aliphatic rings. The zero-order valence-electron chi connectivity index (χ0n) is 10.5. The molecule has 0 unspecified atom stereocenters. The van der Waals surface area contributed by atoms with Crippen molar-refractivity contribution in [3.63, 3.8) is 0 Å². The molecular formula is C15H12F3NO. The van der Waals surface area contributed by atoms with Crippen LogP contribution in [0.3, 0.4) is 0 Å². The van der Waals surface area contributed by atoms with E-state index < -0.39 is 6.43 Å². The third kappa shape index (κ3) is 4.12. The lowest BCUT2D eigenvalue weighted by atomic mass is 10.1. The summed E-state index contributed by atoms with van der Waals surface area (Å²) >= 11 is 0. The van der Waals surface area contributed by atoms with Crippen LogP contribution >= 0.6 is 0 Å². The summed E-state index contributed by atoms with van der Waals surface area (Å²) in [5.41, 5.74) is 1.24. The highest BCUT2D eigenvalue weighted by molar-refractivity contribution is 5.79. The SMILES string of the molecule is Fc1ccc(CON=Cc2cccc(C(F)F)c2)cc1. The Morgan fingerprint density at radius 3 is 2.55 bits per heavy atom. The van der Waals surface area contributed by atoms with Gasteiger partial charge in [-0.3, -0.25) is 0 Å². The number of nitrogens with zero attached hydrogens (tertiary/aromatic N) is 1. The van der Waals surface area contributed by atoms with Crippen LogP contribution in [0.25, 0.3) is 0 Å². The second-order valence-electron chi connectivity index (χ2n) is 4.11. The number of halogens is 3. The second kappa shape index (κ2) is 6.75. The highest BCUT2D eigenvalue weighted by Gasteiger charge is 2.05. The summed E-state index contributed by atoms with van der Waals surface area (Å²) in [5, 5.41) is 3.70. The Labute approximate surface area is 114 Å². The lowest BCUT2D eigenvalue weighted by Gasteiger charge is -2.01. The van der Waals surface area contributed by atoms with Crippen molar-refractivity contribution >= 4 is 6.21 Å². The lowest BCUT2D eigenvalue weighted by Crippen LogP contribution is -1.90. The molecule has 2 aromatic carbocycles. The standard InChI is InChI=1S/C15H12F3NO/c16-14-6-4-11(5-7-14)10-20-19-9-12-2-1-3-13(8-12)15(17)18/h1-9,15H,10H2. The summed E-state index contributed by atoms with van der Waals surface area (Å²) < 4.78 is 37.6. The van der Waals surface area contributed by atoms with Gasteiger partial charge in [0.25, 0.3) is 6.43 Å². The van der Waals surface area contributed by atoms with Gasteiger partial charge in [-0.2, -0.15) is 0 Å². The minimum absolute atomic E-state index is 0.0625. The summed E-state index contributed by atoms with van der Waals surface area (Å²) in [6.07, 6.45) is -1.15. The molecule has 0 saturated carbocycles. The molecule has 104 valence electrons. The van der Waals surface area contributed by atoms with E-state index in [0.717, 1.165) is 5.56 Å². The monoisotopic (exact) mass is 279 g/mol. The van der Waals surface area contributed by atoms with Crippen LogP contribution in [0.2, 0.25) is 0 Å². The Bertz CT molecular complexity index is 582. The van der Waals surface area contributed by atoms with E-state index in [2.05, 4.69) is 5.16 Å². The van der Waals surface area contributed by atoms with E-state index in [0.29, 0.717) is 5.56 Å². The first-order valence-corrected chi connectivity index (χ1v) is 5.93. The summed E-state index contributed by atoms with van der Waals surface area (Å²) in [5.74, 6) is -0.318. The molecule has 0 N–H and O–H groups in total. The number of rotatable bonds is 5. The largest absolute Gasteiger partial charge is 0.391 e. The van der Waals surface area contributed by atoms with Crippen molar-refractivity contribution in [2.24, 2.45) is 5.16 Å². The van der Waals surface area contributed by atoms with Gasteiger partial charge in [0.2, 0.25) is 0 Å². The molecule has 0 heterocycles. The molecule has 20 heavy (non-hydrogen) atoms. The van der Waals surface area contributed by atoms with E-state index in [1.165, 1.54) is 36.5 Å². The predicted octanol–water partition coefficient (Wildman–Crippen LogP) is 4.31. The fourth-order valence-corrected chi connectivity index (χ4v) is 1.57. The summed E-state index contributed by atoms with van der Waals surface area (Å²) in [6.45, 7) is 0.186. The Morgan fingerprint density at radius 1 is 1.10 bits per heavy atom. The molecule has 0 bridgehead atoms. The summed E-state index contributed by atoms with van der Waals surface area (Å²) in [4.78, 5) is 5.02. The van der Waals surface area contributed by atoms with Gasteiger partial charge in [0.05, 0.1) is 6.21 Å². The van der Waals surface area contributed by atoms with Crippen LogP contribution in [0.5, 0.6) is 0 Å². The smallest absolute Gasteiger partial charge is 0.263 e.